The topological polar surface area (TPSA) is 111 Å². The molecule has 0 aliphatic rings. The van der Waals surface area contributed by atoms with Crippen molar-refractivity contribution < 1.29 is 9.72 Å². The summed E-state index contributed by atoms with van der Waals surface area (Å²) in [6, 6.07) is 7.05. The van der Waals surface area contributed by atoms with Gasteiger partial charge in [0.1, 0.15) is 0 Å². The van der Waals surface area contributed by atoms with Crippen molar-refractivity contribution in [2.75, 3.05) is 11.1 Å². The van der Waals surface area contributed by atoms with Gasteiger partial charge in [-0.2, -0.15) is 0 Å². The molecule has 0 aliphatic carbocycles. The number of nitrogens with two attached hydrogens (primary N) is 1. The van der Waals surface area contributed by atoms with Crippen LogP contribution in [-0.4, -0.2) is 15.8 Å². The number of non-ortho nitro benzene ring substituents is 1. The highest BCUT2D eigenvalue weighted by molar-refractivity contribution is 6.08. The van der Waals surface area contributed by atoms with Gasteiger partial charge in [-0.1, -0.05) is 0 Å². The van der Waals surface area contributed by atoms with Crippen molar-refractivity contribution in [3.8, 4) is 0 Å². The van der Waals surface area contributed by atoms with Crippen molar-refractivity contribution in [2.45, 2.75) is 6.92 Å². The third-order valence-electron chi connectivity index (χ3n) is 2.65. The normalized spacial score (nSPS) is 10.1. The fourth-order valence-corrected chi connectivity index (χ4v) is 1.68. The molecule has 3 N–H and O–H groups in total. The fraction of sp³-hybridized carbons (Fsp3) is 0.0769. The van der Waals surface area contributed by atoms with E-state index in [1.165, 1.54) is 12.1 Å². The van der Waals surface area contributed by atoms with Gasteiger partial charge in [-0.3, -0.25) is 19.9 Å². The Balaban J connectivity index is 2.29. The van der Waals surface area contributed by atoms with Crippen LogP contribution in [-0.2, 0) is 0 Å². The van der Waals surface area contributed by atoms with Gasteiger partial charge in [0.05, 0.1) is 10.5 Å². The summed E-state index contributed by atoms with van der Waals surface area (Å²) in [7, 11) is 0. The number of rotatable bonds is 3. The molecule has 1 aromatic heterocycles. The molecule has 20 heavy (non-hydrogen) atoms. The zero-order chi connectivity index (χ0) is 14.7. The van der Waals surface area contributed by atoms with E-state index in [1.807, 2.05) is 0 Å². The zero-order valence-electron chi connectivity index (χ0n) is 10.7. The van der Waals surface area contributed by atoms with E-state index in [4.69, 9.17) is 5.73 Å². The summed E-state index contributed by atoms with van der Waals surface area (Å²) in [6.07, 6.45) is 1.56. The number of hydrogen-bond donors (Lipinski definition) is 2. The second kappa shape index (κ2) is 5.35. The highest BCUT2D eigenvalue weighted by atomic mass is 16.6. The second-order valence-corrected chi connectivity index (χ2v) is 4.17. The van der Waals surface area contributed by atoms with Crippen LogP contribution in [0.1, 0.15) is 16.1 Å². The molecule has 1 heterocycles. The van der Waals surface area contributed by atoms with Crippen molar-refractivity contribution in [1.29, 1.82) is 0 Å². The summed E-state index contributed by atoms with van der Waals surface area (Å²) in [5.41, 5.74) is 7.03. The first-order valence-electron chi connectivity index (χ1n) is 5.75. The lowest BCUT2D eigenvalue weighted by atomic mass is 10.1. The first kappa shape index (κ1) is 13.5. The number of amides is 1. The van der Waals surface area contributed by atoms with Crippen LogP contribution >= 0.6 is 0 Å². The van der Waals surface area contributed by atoms with E-state index >= 15 is 0 Å². The Morgan fingerprint density at radius 2 is 2.10 bits per heavy atom. The number of carbonyl (C=O) groups excluding carboxylic acids is 1. The van der Waals surface area contributed by atoms with Gasteiger partial charge in [-0.25, -0.2) is 0 Å². The number of hydrogen-bond acceptors (Lipinski definition) is 5. The van der Waals surface area contributed by atoms with E-state index in [1.54, 1.807) is 25.3 Å². The molecular weight excluding hydrogens is 260 g/mol. The molecule has 7 heteroatoms. The van der Waals surface area contributed by atoms with Crippen LogP contribution in [0.4, 0.5) is 17.1 Å². The van der Waals surface area contributed by atoms with Crippen molar-refractivity contribution in [2.24, 2.45) is 0 Å². The van der Waals surface area contributed by atoms with Crippen LogP contribution in [0.3, 0.4) is 0 Å². The first-order chi connectivity index (χ1) is 9.47. The van der Waals surface area contributed by atoms with Crippen molar-refractivity contribution in [3.63, 3.8) is 0 Å². The minimum atomic E-state index is -0.577. The molecule has 0 atom stereocenters. The van der Waals surface area contributed by atoms with Crippen LogP contribution in [0.5, 0.6) is 0 Å². The maximum atomic E-state index is 12.1. The molecule has 0 saturated heterocycles. The second-order valence-electron chi connectivity index (χ2n) is 4.17. The Kier molecular flexibility index (Phi) is 3.60. The molecule has 102 valence electrons. The molecule has 2 aromatic rings. The smallest absolute Gasteiger partial charge is 0.270 e. The predicted molar refractivity (Wildman–Crippen MR) is 74.4 cm³/mol. The molecule has 0 saturated carbocycles. The van der Waals surface area contributed by atoms with E-state index in [0.717, 1.165) is 11.8 Å². The molecule has 1 aromatic carbocycles. The predicted octanol–water partition coefficient (Wildman–Crippen LogP) is 2.13. The van der Waals surface area contributed by atoms with Gasteiger partial charge in [-0.05, 0) is 25.1 Å². The average molecular weight is 272 g/mol. The number of nitrogens with one attached hydrogen (secondary N) is 1. The lowest BCUT2D eigenvalue weighted by Crippen LogP contribution is -2.14. The molecule has 0 aliphatic heterocycles. The molecule has 0 unspecified atom stereocenters. The number of nitro groups is 1. The first-order valence-corrected chi connectivity index (χ1v) is 5.75. The molecule has 1 amide bonds. The third-order valence-corrected chi connectivity index (χ3v) is 2.65. The fourth-order valence-electron chi connectivity index (χ4n) is 1.68. The average Bonchev–Trinajstić information content (AvgIpc) is 2.38. The SMILES string of the molecule is Cc1cc(NC(=O)c2cc([N+](=O)[O-])ccc2N)ccn1. The zero-order valence-corrected chi connectivity index (χ0v) is 10.7. The van der Waals surface area contributed by atoms with Gasteiger partial charge in [0, 0.05) is 35.4 Å². The molecular formula is C13H12N4O3. The highest BCUT2D eigenvalue weighted by Crippen LogP contribution is 2.21. The number of benzene rings is 1. The molecule has 2 rings (SSSR count). The number of carbonyl (C=O) groups is 1. The summed E-state index contributed by atoms with van der Waals surface area (Å²) in [5, 5.41) is 13.3. The summed E-state index contributed by atoms with van der Waals surface area (Å²) < 4.78 is 0. The number of aromatic nitrogens is 1. The van der Waals surface area contributed by atoms with Gasteiger partial charge in [0.2, 0.25) is 0 Å². The van der Waals surface area contributed by atoms with Gasteiger partial charge < -0.3 is 11.1 Å². The van der Waals surface area contributed by atoms with E-state index in [-0.39, 0.29) is 16.9 Å². The summed E-state index contributed by atoms with van der Waals surface area (Å²) >= 11 is 0. The largest absolute Gasteiger partial charge is 0.398 e. The highest BCUT2D eigenvalue weighted by Gasteiger charge is 2.15. The number of nitrogens with zero attached hydrogens (tertiary/aromatic N) is 2. The molecule has 0 fully saturated rings. The minimum Gasteiger partial charge on any atom is -0.398 e. The van der Waals surface area contributed by atoms with E-state index in [2.05, 4.69) is 10.3 Å². The van der Waals surface area contributed by atoms with Crippen LogP contribution in [0.2, 0.25) is 0 Å². The lowest BCUT2D eigenvalue weighted by molar-refractivity contribution is -0.384. The van der Waals surface area contributed by atoms with Crippen LogP contribution in [0, 0.1) is 17.0 Å². The van der Waals surface area contributed by atoms with E-state index in [9.17, 15) is 14.9 Å². The monoisotopic (exact) mass is 272 g/mol. The minimum absolute atomic E-state index is 0.0636. The molecule has 0 bridgehead atoms. The Labute approximate surface area is 114 Å². The summed E-state index contributed by atoms with van der Waals surface area (Å²) in [6.45, 7) is 1.79. The summed E-state index contributed by atoms with van der Waals surface area (Å²) in [5.74, 6) is -0.503. The number of aryl methyl sites for hydroxylation is 1. The number of anilines is 2. The maximum Gasteiger partial charge on any atom is 0.270 e. The number of nitro benzene ring substituents is 1. The van der Waals surface area contributed by atoms with Gasteiger partial charge >= 0.3 is 0 Å². The lowest BCUT2D eigenvalue weighted by Gasteiger charge is -2.07. The number of pyridine rings is 1. The van der Waals surface area contributed by atoms with E-state index in [0.29, 0.717) is 5.69 Å². The molecule has 0 spiro atoms. The number of nitrogen functional groups attached to an aromatic ring is 1. The van der Waals surface area contributed by atoms with Gasteiger partial charge in [0.15, 0.2) is 0 Å². The van der Waals surface area contributed by atoms with Crippen molar-refractivity contribution in [3.05, 3.63) is 57.9 Å². The van der Waals surface area contributed by atoms with Crippen molar-refractivity contribution >= 4 is 23.0 Å². The maximum absolute atomic E-state index is 12.1. The van der Waals surface area contributed by atoms with Gasteiger partial charge in [0.25, 0.3) is 11.6 Å². The molecule has 0 radical (unpaired) electrons. The van der Waals surface area contributed by atoms with Crippen molar-refractivity contribution in [1.82, 2.24) is 4.98 Å². The Hall–Kier alpha value is -2.96. The Morgan fingerprint density at radius 1 is 1.35 bits per heavy atom. The van der Waals surface area contributed by atoms with E-state index < -0.39 is 10.8 Å². The van der Waals surface area contributed by atoms with Crippen LogP contribution < -0.4 is 11.1 Å². The summed E-state index contributed by atoms with van der Waals surface area (Å²) in [4.78, 5) is 26.2. The Morgan fingerprint density at radius 3 is 2.75 bits per heavy atom. The Bertz CT molecular complexity index is 685. The quantitative estimate of drug-likeness (QED) is 0.505. The third kappa shape index (κ3) is 2.89. The van der Waals surface area contributed by atoms with Gasteiger partial charge in [-0.15, -0.1) is 0 Å². The van der Waals surface area contributed by atoms with Crippen LogP contribution in [0.25, 0.3) is 0 Å². The standard InChI is InChI=1S/C13H12N4O3/c1-8-6-9(4-5-15-8)16-13(18)11-7-10(17(19)20)2-3-12(11)14/h2-7H,14H2,1H3,(H,15,16,18). The molecule has 7 nitrogen and oxygen atoms in total. The van der Waals surface area contributed by atoms with Crippen LogP contribution in [0.15, 0.2) is 36.5 Å².